The summed E-state index contributed by atoms with van der Waals surface area (Å²) >= 11 is -0.556. The van der Waals surface area contributed by atoms with Crippen LogP contribution < -0.4 is 0 Å². The van der Waals surface area contributed by atoms with Crippen molar-refractivity contribution in [3.05, 3.63) is 12.4 Å². The zero-order chi connectivity index (χ0) is 18.7. The molecule has 3 aliphatic carbocycles. The number of halogens is 2. The van der Waals surface area contributed by atoms with Crippen LogP contribution >= 0.6 is 25.4 Å². The normalized spacial score (nSPS) is 54.3. The number of ether oxygens (including phenoxy) is 1. The van der Waals surface area contributed by atoms with E-state index in [-0.39, 0.29) is 7.43 Å². The summed E-state index contributed by atoms with van der Waals surface area (Å²) in [5, 5.41) is 0. The molecule has 0 spiro atoms. The molecule has 3 saturated carbocycles. The van der Waals surface area contributed by atoms with Crippen LogP contribution in [0.1, 0.15) is 44.9 Å². The van der Waals surface area contributed by atoms with Gasteiger partial charge in [-0.1, -0.05) is 12.8 Å². The Hall–Kier alpha value is 1.86. The van der Waals surface area contributed by atoms with E-state index in [1.54, 1.807) is 12.8 Å². The van der Waals surface area contributed by atoms with Crippen LogP contribution in [0.25, 0.3) is 4.98 Å². The van der Waals surface area contributed by atoms with E-state index in [0.29, 0.717) is 6.10 Å². The standard InChI is InChI=1S/C19H34NOPSi.CH3.2ClH.Ti/c1-20-23(4)19-14-8-6-5-7-13(14)17-15-11-12(21-2)9-10-16(15)22(23,3)18(17)19;;;;/h12-19H,5-11H2,1-4H3;1H3;2*1H;/q;-1;;;+2/p-2. The van der Waals surface area contributed by atoms with Gasteiger partial charge in [0.25, 0.3) is 0 Å². The molecule has 7 heteroatoms. The maximum atomic E-state index is 5.84. The molecule has 2 heterocycles. The van der Waals surface area contributed by atoms with E-state index in [1.807, 2.05) is 7.11 Å². The predicted molar refractivity (Wildman–Crippen MR) is 120 cm³/mol. The molecule has 156 valence electrons. The van der Waals surface area contributed by atoms with Gasteiger partial charge in [0.1, 0.15) is 7.90 Å². The van der Waals surface area contributed by atoms with E-state index in [4.69, 9.17) is 28.3 Å². The topological polar surface area (TPSA) is 23.3 Å². The van der Waals surface area contributed by atoms with Crippen molar-refractivity contribution in [2.24, 2.45) is 23.7 Å². The van der Waals surface area contributed by atoms with Crippen LogP contribution in [-0.4, -0.2) is 46.1 Å². The maximum absolute atomic E-state index is 5.84. The average Bonchev–Trinajstić information content (AvgIpc) is 3.11. The van der Waals surface area contributed by atoms with Crippen LogP contribution in [0.2, 0.25) is 12.1 Å². The first-order chi connectivity index (χ1) is 12.5. The summed E-state index contributed by atoms with van der Waals surface area (Å²) in [7, 11) is 12.6. The van der Waals surface area contributed by atoms with Crippen LogP contribution in [-0.2, 0) is 21.8 Å². The van der Waals surface area contributed by atoms with Crippen molar-refractivity contribution in [2.45, 2.75) is 74.5 Å². The fourth-order valence-electron chi connectivity index (χ4n) is 8.75. The SMILES string of the molecule is C[N-][Si]1(C)C2C3CCCCC3C3C4CC(OC)CCC4[P+]1(C)C32.[CH3-].[Cl][Ti][Cl]. The van der Waals surface area contributed by atoms with Crippen LogP contribution in [0.5, 0.6) is 0 Å². The first-order valence-corrected chi connectivity index (χ1v) is 20.5. The van der Waals surface area contributed by atoms with Crippen molar-refractivity contribution >= 4 is 33.3 Å². The van der Waals surface area contributed by atoms with Gasteiger partial charge in [-0.2, -0.15) is 7.05 Å². The summed E-state index contributed by atoms with van der Waals surface area (Å²) in [5.41, 5.74) is 3.33. The Bertz CT molecular complexity index is 548. The van der Waals surface area contributed by atoms with E-state index >= 15 is 0 Å². The second-order valence-corrected chi connectivity index (χ2v) is 24.7. The summed E-state index contributed by atoms with van der Waals surface area (Å²) in [6, 6.07) is 0. The molecule has 27 heavy (non-hydrogen) atoms. The first-order valence-electron chi connectivity index (χ1n) is 10.5. The van der Waals surface area contributed by atoms with Gasteiger partial charge in [0.05, 0.1) is 17.4 Å². The summed E-state index contributed by atoms with van der Waals surface area (Å²) < 4.78 is 5.84. The van der Waals surface area contributed by atoms with Crippen LogP contribution in [0, 0.1) is 31.1 Å². The molecule has 2 aliphatic heterocycles. The Morgan fingerprint density at radius 2 is 1.70 bits per heavy atom. The second-order valence-electron chi connectivity index (χ2n) is 9.64. The van der Waals surface area contributed by atoms with Gasteiger partial charge in [0, 0.05) is 31.2 Å². The van der Waals surface area contributed by atoms with E-state index < -0.39 is 31.7 Å². The van der Waals surface area contributed by atoms with Crippen molar-refractivity contribution < 1.29 is 21.8 Å². The van der Waals surface area contributed by atoms with Gasteiger partial charge < -0.3 is 17.1 Å². The predicted octanol–water partition coefficient (Wildman–Crippen LogP) is 6.92. The molecular weight excluding hydrogens is 448 g/mol. The fourth-order valence-corrected chi connectivity index (χ4v) is 28.5. The van der Waals surface area contributed by atoms with Crippen molar-refractivity contribution in [3.63, 3.8) is 0 Å². The molecule has 10 atom stereocenters. The molecule has 2 nitrogen and oxygen atoms in total. The van der Waals surface area contributed by atoms with Crippen molar-refractivity contribution in [1.29, 1.82) is 0 Å². The van der Waals surface area contributed by atoms with Gasteiger partial charge in [-0.05, 0) is 57.3 Å². The Kier molecular flexibility index (Phi) is 7.65. The first kappa shape index (κ1) is 23.5. The molecule has 5 rings (SSSR count). The van der Waals surface area contributed by atoms with Crippen LogP contribution in [0.15, 0.2) is 0 Å². The number of fused-ring (bicyclic) bond motifs is 6. The molecule has 0 aromatic rings. The quantitative estimate of drug-likeness (QED) is 0.237. The van der Waals surface area contributed by atoms with Gasteiger partial charge >= 0.3 is 35.6 Å². The second kappa shape index (κ2) is 8.78. The Morgan fingerprint density at radius 3 is 2.30 bits per heavy atom. The third-order valence-corrected chi connectivity index (χ3v) is 27.9. The number of rotatable bonds is 2. The van der Waals surface area contributed by atoms with Gasteiger partial charge in [-0.25, -0.2) is 0 Å². The minimum absolute atomic E-state index is 0. The van der Waals surface area contributed by atoms with Crippen LogP contribution in [0.4, 0.5) is 0 Å². The van der Waals surface area contributed by atoms with E-state index in [0.717, 1.165) is 40.5 Å². The Balaban J connectivity index is 0.000000495. The number of hydrogen-bond acceptors (Lipinski definition) is 1. The number of nitrogens with zero attached hydrogens (tertiary/aromatic N) is 1. The van der Waals surface area contributed by atoms with Crippen molar-refractivity contribution in [2.75, 3.05) is 20.8 Å². The van der Waals surface area contributed by atoms with Gasteiger partial charge in [-0.15, -0.1) is 0 Å². The van der Waals surface area contributed by atoms with Gasteiger partial charge in [0.2, 0.25) is 0 Å². The summed E-state index contributed by atoms with van der Waals surface area (Å²) in [4.78, 5) is 5.30. The Labute approximate surface area is 185 Å². The molecule has 5 aliphatic rings. The molecule has 0 N–H and O–H groups in total. The van der Waals surface area contributed by atoms with Crippen molar-refractivity contribution in [3.8, 4) is 0 Å². The van der Waals surface area contributed by atoms with Crippen LogP contribution in [0.3, 0.4) is 0 Å². The zero-order valence-electron chi connectivity index (χ0n) is 17.6. The number of methoxy groups -OCH3 is 1. The summed E-state index contributed by atoms with van der Waals surface area (Å²) in [6.45, 7) is 4.74. The minimum atomic E-state index is -1.37. The van der Waals surface area contributed by atoms with E-state index in [9.17, 15) is 0 Å². The molecule has 5 fully saturated rings. The van der Waals surface area contributed by atoms with Gasteiger partial charge in [0.15, 0.2) is 0 Å². The summed E-state index contributed by atoms with van der Waals surface area (Å²) in [5.74, 6) is 4.27. The third-order valence-electron chi connectivity index (χ3n) is 9.60. The third kappa shape index (κ3) is 3.07. The zero-order valence-corrected chi connectivity index (χ0v) is 22.6. The Morgan fingerprint density at radius 1 is 1.07 bits per heavy atom. The molecule has 0 radical (unpaired) electrons. The van der Waals surface area contributed by atoms with E-state index in [2.05, 4.69) is 20.3 Å². The average molecular weight is 485 g/mol. The molecule has 0 bridgehead atoms. The molecule has 0 aromatic heterocycles. The fraction of sp³-hybridized carbons (Fsp3) is 0.950. The van der Waals surface area contributed by atoms with E-state index in [1.165, 1.54) is 32.1 Å². The monoisotopic (exact) mass is 484 g/mol. The molecule has 0 amide bonds. The number of hydrogen-bond donors (Lipinski definition) is 0. The molecular formula is C20H37Cl2NOPSiTi-. The molecule has 2 saturated heterocycles. The van der Waals surface area contributed by atoms with Crippen molar-refractivity contribution in [1.82, 2.24) is 0 Å². The molecule has 10 unspecified atom stereocenters. The summed E-state index contributed by atoms with van der Waals surface area (Å²) in [6.07, 6.45) is 10.9. The molecule has 0 aromatic carbocycles. The van der Waals surface area contributed by atoms with Gasteiger partial charge in [-0.3, -0.25) is 0 Å².